The summed E-state index contributed by atoms with van der Waals surface area (Å²) >= 11 is 0. The van der Waals surface area contributed by atoms with E-state index < -0.39 is 12.1 Å². The average molecular weight is 292 g/mol. The first-order chi connectivity index (χ1) is 10.0. The van der Waals surface area contributed by atoms with Crippen LogP contribution >= 0.6 is 0 Å². The maximum atomic E-state index is 12.0. The van der Waals surface area contributed by atoms with E-state index in [0.29, 0.717) is 24.1 Å². The van der Waals surface area contributed by atoms with Crippen LogP contribution in [0.2, 0.25) is 0 Å². The van der Waals surface area contributed by atoms with Crippen molar-refractivity contribution in [3.63, 3.8) is 0 Å². The van der Waals surface area contributed by atoms with E-state index in [2.05, 4.69) is 10.6 Å². The van der Waals surface area contributed by atoms with Gasteiger partial charge in [-0.05, 0) is 30.2 Å². The highest BCUT2D eigenvalue weighted by molar-refractivity contribution is 5.98. The second-order valence-corrected chi connectivity index (χ2v) is 4.69. The van der Waals surface area contributed by atoms with Crippen LogP contribution in [0.1, 0.15) is 22.3 Å². The van der Waals surface area contributed by atoms with Gasteiger partial charge in [0.15, 0.2) is 6.10 Å². The number of carbonyl (C=O) groups is 3. The van der Waals surface area contributed by atoms with Gasteiger partial charge in [0.25, 0.3) is 5.91 Å². The van der Waals surface area contributed by atoms with Crippen molar-refractivity contribution in [1.82, 2.24) is 5.32 Å². The molecule has 0 bridgehead atoms. The number of aryl methyl sites for hydroxylation is 1. The molecule has 1 atom stereocenters. The lowest BCUT2D eigenvalue weighted by Gasteiger charge is -2.17. The number of carbonyl (C=O) groups excluding carboxylic acids is 2. The first-order valence-electron chi connectivity index (χ1n) is 6.48. The number of hydrogen-bond donors (Lipinski definition) is 3. The van der Waals surface area contributed by atoms with Crippen molar-refractivity contribution in [3.8, 4) is 0 Å². The Morgan fingerprint density at radius 3 is 2.86 bits per heavy atom. The van der Waals surface area contributed by atoms with E-state index >= 15 is 0 Å². The molecule has 1 aliphatic heterocycles. The van der Waals surface area contributed by atoms with Crippen molar-refractivity contribution in [1.29, 1.82) is 0 Å². The van der Waals surface area contributed by atoms with Gasteiger partial charge in [0.1, 0.15) is 0 Å². The highest BCUT2D eigenvalue weighted by Crippen LogP contribution is 2.23. The first-order valence-corrected chi connectivity index (χ1v) is 6.48. The zero-order valence-corrected chi connectivity index (χ0v) is 11.5. The zero-order chi connectivity index (χ0) is 15.4. The van der Waals surface area contributed by atoms with Crippen molar-refractivity contribution < 1.29 is 24.2 Å². The molecule has 0 spiro atoms. The van der Waals surface area contributed by atoms with Gasteiger partial charge in [0, 0.05) is 24.8 Å². The SMILES string of the molecule is COC(CNC(=O)c1ccc2c(c1)CCC(=O)N2)C(=O)O. The second-order valence-electron chi connectivity index (χ2n) is 4.69. The maximum Gasteiger partial charge on any atom is 0.334 e. The third-order valence-electron chi connectivity index (χ3n) is 3.27. The molecule has 7 nitrogen and oxygen atoms in total. The quantitative estimate of drug-likeness (QED) is 0.728. The van der Waals surface area contributed by atoms with E-state index in [4.69, 9.17) is 9.84 Å². The summed E-state index contributed by atoms with van der Waals surface area (Å²) in [6.45, 7) is -0.113. The zero-order valence-electron chi connectivity index (χ0n) is 11.5. The van der Waals surface area contributed by atoms with Gasteiger partial charge in [-0.25, -0.2) is 4.79 Å². The second kappa shape index (κ2) is 6.36. The Labute approximate surface area is 121 Å². The fourth-order valence-electron chi connectivity index (χ4n) is 2.08. The standard InChI is InChI=1S/C14H16N2O5/c1-21-11(14(19)20)7-15-13(18)9-2-4-10-8(6-9)3-5-12(17)16-10/h2,4,6,11H,3,5,7H2,1H3,(H,15,18)(H,16,17)(H,19,20). The molecule has 1 aromatic rings. The minimum atomic E-state index is -1.13. The summed E-state index contributed by atoms with van der Waals surface area (Å²) in [5.74, 6) is -1.55. The number of benzene rings is 1. The third-order valence-corrected chi connectivity index (χ3v) is 3.27. The number of amides is 2. The van der Waals surface area contributed by atoms with Crippen LogP contribution in [0, 0.1) is 0 Å². The van der Waals surface area contributed by atoms with Crippen LogP contribution in [0.25, 0.3) is 0 Å². The molecule has 7 heteroatoms. The average Bonchev–Trinajstić information content (AvgIpc) is 2.46. The number of aliphatic carboxylic acids is 1. The summed E-state index contributed by atoms with van der Waals surface area (Å²) in [5.41, 5.74) is 2.03. The normalized spacial score (nSPS) is 14.8. The summed E-state index contributed by atoms with van der Waals surface area (Å²) < 4.78 is 4.74. The van der Waals surface area contributed by atoms with Gasteiger partial charge in [-0.1, -0.05) is 0 Å². The summed E-state index contributed by atoms with van der Waals surface area (Å²) in [6, 6.07) is 4.96. The Bertz CT molecular complexity index is 585. The third kappa shape index (κ3) is 3.57. The molecular formula is C14H16N2O5. The number of ether oxygens (including phenoxy) is 1. The van der Waals surface area contributed by atoms with Gasteiger partial charge in [-0.3, -0.25) is 9.59 Å². The lowest BCUT2D eigenvalue weighted by Crippen LogP contribution is -2.37. The Hall–Kier alpha value is -2.41. The topological polar surface area (TPSA) is 105 Å². The molecule has 1 heterocycles. The summed E-state index contributed by atoms with van der Waals surface area (Å²) in [7, 11) is 1.27. The van der Waals surface area contributed by atoms with Crippen molar-refractivity contribution in [2.24, 2.45) is 0 Å². The molecule has 0 aliphatic carbocycles. The molecule has 0 saturated carbocycles. The van der Waals surface area contributed by atoms with E-state index in [0.717, 1.165) is 5.56 Å². The van der Waals surface area contributed by atoms with E-state index in [1.165, 1.54) is 7.11 Å². The molecule has 3 N–H and O–H groups in total. The Kier molecular flexibility index (Phi) is 4.54. The minimum absolute atomic E-state index is 0.0379. The predicted molar refractivity (Wildman–Crippen MR) is 74.2 cm³/mol. The summed E-state index contributed by atoms with van der Waals surface area (Å²) in [6.07, 6.45) is -0.105. The van der Waals surface area contributed by atoms with Gasteiger partial charge in [0.05, 0.1) is 6.54 Å². The lowest BCUT2D eigenvalue weighted by atomic mass is 10.00. The molecule has 1 aliphatic rings. The molecular weight excluding hydrogens is 276 g/mol. The number of hydrogen-bond acceptors (Lipinski definition) is 4. The van der Waals surface area contributed by atoms with Crippen molar-refractivity contribution >= 4 is 23.5 Å². The first kappa shape index (κ1) is 15.0. The Morgan fingerprint density at radius 1 is 1.43 bits per heavy atom. The molecule has 0 fully saturated rings. The largest absolute Gasteiger partial charge is 0.479 e. The molecule has 21 heavy (non-hydrogen) atoms. The highest BCUT2D eigenvalue weighted by atomic mass is 16.5. The Morgan fingerprint density at radius 2 is 2.19 bits per heavy atom. The molecule has 2 amide bonds. The van der Waals surface area contributed by atoms with Crippen molar-refractivity contribution in [2.45, 2.75) is 18.9 Å². The van der Waals surface area contributed by atoms with Gasteiger partial charge < -0.3 is 20.5 Å². The van der Waals surface area contributed by atoms with Gasteiger partial charge in [-0.2, -0.15) is 0 Å². The number of nitrogens with one attached hydrogen (secondary N) is 2. The predicted octanol–water partition coefficient (Wildman–Crippen LogP) is 0.401. The molecule has 0 aromatic heterocycles. The monoisotopic (exact) mass is 292 g/mol. The minimum Gasteiger partial charge on any atom is -0.479 e. The smallest absolute Gasteiger partial charge is 0.334 e. The number of carboxylic acid groups (broad SMARTS) is 1. The molecule has 0 radical (unpaired) electrons. The van der Waals surface area contributed by atoms with Crippen molar-refractivity contribution in [3.05, 3.63) is 29.3 Å². The number of anilines is 1. The van der Waals surface area contributed by atoms with Crippen LogP contribution in [-0.2, 0) is 20.7 Å². The van der Waals surface area contributed by atoms with Crippen LogP contribution in [0.4, 0.5) is 5.69 Å². The van der Waals surface area contributed by atoms with Gasteiger partial charge in [0.2, 0.25) is 5.91 Å². The van der Waals surface area contributed by atoms with E-state index in [1.807, 2.05) is 0 Å². The number of carboxylic acids is 1. The van der Waals surface area contributed by atoms with E-state index in [-0.39, 0.29) is 18.4 Å². The molecule has 1 aromatic carbocycles. The molecule has 0 saturated heterocycles. The lowest BCUT2D eigenvalue weighted by molar-refractivity contribution is -0.148. The van der Waals surface area contributed by atoms with E-state index in [1.54, 1.807) is 18.2 Å². The number of fused-ring (bicyclic) bond motifs is 1. The molecule has 1 unspecified atom stereocenters. The summed E-state index contributed by atoms with van der Waals surface area (Å²) in [5, 5.41) is 14.1. The van der Waals surface area contributed by atoms with Crippen LogP contribution < -0.4 is 10.6 Å². The summed E-state index contributed by atoms with van der Waals surface area (Å²) in [4.78, 5) is 34.0. The number of rotatable bonds is 5. The molecule has 2 rings (SSSR count). The van der Waals surface area contributed by atoms with Crippen LogP contribution in [0.15, 0.2) is 18.2 Å². The Balaban J connectivity index is 2.03. The number of methoxy groups -OCH3 is 1. The van der Waals surface area contributed by atoms with Crippen LogP contribution in [0.3, 0.4) is 0 Å². The van der Waals surface area contributed by atoms with E-state index in [9.17, 15) is 14.4 Å². The van der Waals surface area contributed by atoms with Crippen molar-refractivity contribution in [2.75, 3.05) is 19.0 Å². The highest BCUT2D eigenvalue weighted by Gasteiger charge is 2.19. The maximum absolute atomic E-state index is 12.0. The van der Waals surface area contributed by atoms with Crippen LogP contribution in [-0.4, -0.2) is 42.6 Å². The van der Waals surface area contributed by atoms with Crippen LogP contribution in [0.5, 0.6) is 0 Å². The fourth-order valence-corrected chi connectivity index (χ4v) is 2.08. The van der Waals surface area contributed by atoms with Gasteiger partial charge in [-0.15, -0.1) is 0 Å². The fraction of sp³-hybridized carbons (Fsp3) is 0.357. The molecule has 112 valence electrons. The van der Waals surface area contributed by atoms with Gasteiger partial charge >= 0.3 is 5.97 Å².